The average Bonchev–Trinajstić information content (AvgIpc) is 3.16. The number of halogens is 3. The van der Waals surface area contributed by atoms with Gasteiger partial charge in [-0.3, -0.25) is 4.79 Å². The predicted molar refractivity (Wildman–Crippen MR) is 101 cm³/mol. The van der Waals surface area contributed by atoms with Crippen molar-refractivity contribution in [2.24, 2.45) is 0 Å². The van der Waals surface area contributed by atoms with Gasteiger partial charge in [0.2, 0.25) is 17.7 Å². The topological polar surface area (TPSA) is 80.0 Å². The maximum atomic E-state index is 12.7. The van der Waals surface area contributed by atoms with Gasteiger partial charge in [0.1, 0.15) is 0 Å². The molecule has 6 nitrogen and oxygen atoms in total. The van der Waals surface area contributed by atoms with Gasteiger partial charge in [-0.1, -0.05) is 18.7 Å². The SMILES string of the molecule is C=CC(=O)NCCc1nnc(-c2ccccc2Nc2ccc(C(F)(F)F)cc2)o1. The highest BCUT2D eigenvalue weighted by atomic mass is 19.4. The second-order valence-electron chi connectivity index (χ2n) is 5.99. The van der Waals surface area contributed by atoms with E-state index in [0.29, 0.717) is 35.8 Å². The van der Waals surface area contributed by atoms with Crippen LogP contribution in [0.2, 0.25) is 0 Å². The number of carbonyl (C=O) groups is 1. The summed E-state index contributed by atoms with van der Waals surface area (Å²) in [5.74, 6) is 0.301. The first-order valence-corrected chi connectivity index (χ1v) is 8.63. The molecule has 0 unspecified atom stereocenters. The first-order chi connectivity index (χ1) is 13.9. The summed E-state index contributed by atoms with van der Waals surface area (Å²) in [6.07, 6.45) is -2.87. The molecule has 0 aliphatic rings. The van der Waals surface area contributed by atoms with Crippen molar-refractivity contribution in [3.05, 3.63) is 72.6 Å². The largest absolute Gasteiger partial charge is 0.421 e. The van der Waals surface area contributed by atoms with Gasteiger partial charge < -0.3 is 15.1 Å². The molecule has 2 N–H and O–H groups in total. The van der Waals surface area contributed by atoms with Crippen molar-refractivity contribution in [2.45, 2.75) is 12.6 Å². The molecule has 0 atom stereocenters. The minimum Gasteiger partial charge on any atom is -0.421 e. The molecule has 3 rings (SSSR count). The molecule has 0 saturated carbocycles. The monoisotopic (exact) mass is 402 g/mol. The number of alkyl halides is 3. The number of amides is 1. The zero-order valence-corrected chi connectivity index (χ0v) is 15.2. The summed E-state index contributed by atoms with van der Waals surface area (Å²) < 4.78 is 43.8. The van der Waals surface area contributed by atoms with Gasteiger partial charge in [0.15, 0.2) is 0 Å². The Morgan fingerprint density at radius 3 is 2.52 bits per heavy atom. The molecule has 2 aromatic carbocycles. The minimum absolute atomic E-state index is 0.255. The highest BCUT2D eigenvalue weighted by molar-refractivity contribution is 5.86. The number of rotatable bonds is 7. The van der Waals surface area contributed by atoms with Gasteiger partial charge in [-0.25, -0.2) is 0 Å². The Morgan fingerprint density at radius 2 is 1.83 bits per heavy atom. The number of hydrogen-bond acceptors (Lipinski definition) is 5. The number of carbonyl (C=O) groups excluding carboxylic acids is 1. The van der Waals surface area contributed by atoms with E-state index in [1.807, 2.05) is 0 Å². The van der Waals surface area contributed by atoms with E-state index in [9.17, 15) is 18.0 Å². The lowest BCUT2D eigenvalue weighted by Crippen LogP contribution is -2.23. The number of nitrogens with zero attached hydrogens (tertiary/aromatic N) is 2. The van der Waals surface area contributed by atoms with Gasteiger partial charge in [0.25, 0.3) is 0 Å². The quantitative estimate of drug-likeness (QED) is 0.575. The van der Waals surface area contributed by atoms with Crippen LogP contribution in [-0.2, 0) is 17.4 Å². The Hall–Kier alpha value is -3.62. The van der Waals surface area contributed by atoms with Crippen molar-refractivity contribution in [3.63, 3.8) is 0 Å². The van der Waals surface area contributed by atoms with Crippen molar-refractivity contribution in [1.29, 1.82) is 0 Å². The summed E-state index contributed by atoms with van der Waals surface area (Å²) in [5, 5.41) is 13.6. The number of benzene rings is 2. The number of hydrogen-bond donors (Lipinski definition) is 2. The molecule has 0 bridgehead atoms. The van der Waals surface area contributed by atoms with Crippen molar-refractivity contribution in [3.8, 4) is 11.5 Å². The van der Waals surface area contributed by atoms with Gasteiger partial charge in [-0.05, 0) is 42.5 Å². The normalized spacial score (nSPS) is 11.1. The molecule has 9 heteroatoms. The first kappa shape index (κ1) is 20.1. The van der Waals surface area contributed by atoms with Gasteiger partial charge in [-0.2, -0.15) is 13.2 Å². The van der Waals surface area contributed by atoms with E-state index in [4.69, 9.17) is 4.42 Å². The van der Waals surface area contributed by atoms with E-state index in [2.05, 4.69) is 27.4 Å². The fraction of sp³-hybridized carbons (Fsp3) is 0.150. The highest BCUT2D eigenvalue weighted by Crippen LogP contribution is 2.32. The number of aromatic nitrogens is 2. The number of nitrogens with one attached hydrogen (secondary N) is 2. The molecule has 0 radical (unpaired) electrons. The van der Waals surface area contributed by atoms with Crippen LogP contribution >= 0.6 is 0 Å². The maximum absolute atomic E-state index is 12.7. The van der Waals surface area contributed by atoms with E-state index >= 15 is 0 Å². The lowest BCUT2D eigenvalue weighted by Gasteiger charge is -2.11. The zero-order chi connectivity index (χ0) is 20.9. The van der Waals surface area contributed by atoms with Crippen LogP contribution in [0.25, 0.3) is 11.5 Å². The number of para-hydroxylation sites is 1. The van der Waals surface area contributed by atoms with E-state index < -0.39 is 11.7 Å². The molecule has 0 saturated heterocycles. The molecule has 0 spiro atoms. The third kappa shape index (κ3) is 5.22. The Morgan fingerprint density at radius 1 is 1.10 bits per heavy atom. The van der Waals surface area contributed by atoms with Gasteiger partial charge >= 0.3 is 6.18 Å². The van der Waals surface area contributed by atoms with Crippen LogP contribution in [0.1, 0.15) is 11.5 Å². The molecule has 0 fully saturated rings. The second-order valence-corrected chi connectivity index (χ2v) is 5.99. The van der Waals surface area contributed by atoms with Crippen LogP contribution in [0, 0.1) is 0 Å². The van der Waals surface area contributed by atoms with Crippen LogP contribution in [0.3, 0.4) is 0 Å². The molecule has 29 heavy (non-hydrogen) atoms. The van der Waals surface area contributed by atoms with Crippen molar-refractivity contribution in [1.82, 2.24) is 15.5 Å². The van der Waals surface area contributed by atoms with Crippen molar-refractivity contribution < 1.29 is 22.4 Å². The molecule has 1 heterocycles. The van der Waals surface area contributed by atoms with Crippen LogP contribution in [0.15, 0.2) is 65.6 Å². The molecule has 150 valence electrons. The summed E-state index contributed by atoms with van der Waals surface area (Å²) in [4.78, 5) is 11.2. The Kier molecular flexibility index (Phi) is 5.96. The van der Waals surface area contributed by atoms with E-state index in [-0.39, 0.29) is 11.8 Å². The molecule has 0 aliphatic heterocycles. The lowest BCUT2D eigenvalue weighted by atomic mass is 10.1. The Labute approximate surface area is 164 Å². The molecular weight excluding hydrogens is 385 g/mol. The Balaban J connectivity index is 1.74. The second kappa shape index (κ2) is 8.59. The Bertz CT molecular complexity index is 997. The fourth-order valence-electron chi connectivity index (χ4n) is 2.50. The van der Waals surface area contributed by atoms with Crippen molar-refractivity contribution in [2.75, 3.05) is 11.9 Å². The summed E-state index contributed by atoms with van der Waals surface area (Å²) >= 11 is 0. The van der Waals surface area contributed by atoms with Crippen molar-refractivity contribution >= 4 is 17.3 Å². The van der Waals surface area contributed by atoms with E-state index in [1.165, 1.54) is 18.2 Å². The summed E-state index contributed by atoms with van der Waals surface area (Å²) in [6.45, 7) is 3.68. The molecule has 0 aliphatic carbocycles. The van der Waals surface area contributed by atoms with Crippen LogP contribution in [0.4, 0.5) is 24.5 Å². The van der Waals surface area contributed by atoms with Crippen LogP contribution < -0.4 is 10.6 Å². The maximum Gasteiger partial charge on any atom is 0.416 e. The minimum atomic E-state index is -4.39. The first-order valence-electron chi connectivity index (χ1n) is 8.63. The lowest BCUT2D eigenvalue weighted by molar-refractivity contribution is -0.137. The average molecular weight is 402 g/mol. The third-order valence-corrected chi connectivity index (χ3v) is 3.94. The fourth-order valence-corrected chi connectivity index (χ4v) is 2.50. The summed E-state index contributed by atoms with van der Waals surface area (Å²) in [7, 11) is 0. The van der Waals surface area contributed by atoms with Crippen LogP contribution in [0.5, 0.6) is 0 Å². The predicted octanol–water partition coefficient (Wildman–Crippen LogP) is 4.34. The van der Waals surface area contributed by atoms with Gasteiger partial charge in [0.05, 0.1) is 16.8 Å². The molecular formula is C20H17F3N4O2. The van der Waals surface area contributed by atoms with Crippen LogP contribution in [-0.4, -0.2) is 22.6 Å². The van der Waals surface area contributed by atoms with E-state index in [0.717, 1.165) is 12.1 Å². The van der Waals surface area contributed by atoms with Gasteiger partial charge in [-0.15, -0.1) is 10.2 Å². The zero-order valence-electron chi connectivity index (χ0n) is 15.2. The highest BCUT2D eigenvalue weighted by Gasteiger charge is 2.29. The molecule has 3 aromatic rings. The smallest absolute Gasteiger partial charge is 0.416 e. The van der Waals surface area contributed by atoms with E-state index in [1.54, 1.807) is 24.3 Å². The standard InChI is InChI=1S/C20H17F3N4O2/c1-2-17(28)24-12-11-18-26-27-19(29-18)15-5-3-4-6-16(15)25-14-9-7-13(8-10-14)20(21,22)23/h2-10,25H,1,11-12H2,(H,24,28). The molecule has 1 aromatic heterocycles. The third-order valence-electron chi connectivity index (χ3n) is 3.94. The molecule has 1 amide bonds. The summed E-state index contributed by atoms with van der Waals surface area (Å²) in [6, 6.07) is 11.8. The van der Waals surface area contributed by atoms with Gasteiger partial charge in [0, 0.05) is 18.7 Å². The number of anilines is 2. The summed E-state index contributed by atoms with van der Waals surface area (Å²) in [5.41, 5.74) is 0.961.